The van der Waals surface area contributed by atoms with E-state index in [0.29, 0.717) is 5.56 Å². The van der Waals surface area contributed by atoms with Crippen LogP contribution in [0, 0.1) is 23.2 Å². The summed E-state index contributed by atoms with van der Waals surface area (Å²) in [7, 11) is 0. The van der Waals surface area contributed by atoms with Gasteiger partial charge in [0, 0.05) is 16.7 Å². The number of hydrogen-bond acceptors (Lipinski definition) is 2. The van der Waals surface area contributed by atoms with E-state index in [4.69, 9.17) is 0 Å². The molecule has 0 heterocycles. The quantitative estimate of drug-likeness (QED) is 0.297. The maximum Gasteiger partial charge on any atom is 0.203 e. The molecule has 0 spiro atoms. The number of ketones is 1. The monoisotopic (exact) mass is 333 g/mol. The van der Waals surface area contributed by atoms with Gasteiger partial charge in [-0.15, -0.1) is 0 Å². The van der Waals surface area contributed by atoms with Crippen molar-refractivity contribution in [1.29, 1.82) is 5.26 Å². The maximum atomic E-state index is 12.4. The molecule has 26 heavy (non-hydrogen) atoms. The first-order valence-electron chi connectivity index (χ1n) is 8.15. The third-order valence-electron chi connectivity index (χ3n) is 3.75. The van der Waals surface area contributed by atoms with Crippen LogP contribution in [0.4, 0.5) is 0 Å². The molecule has 0 bridgehead atoms. The highest BCUT2D eigenvalue weighted by Crippen LogP contribution is 2.13. The first-order valence-corrected chi connectivity index (χ1v) is 8.15. The highest BCUT2D eigenvalue weighted by Gasteiger charge is 2.11. The van der Waals surface area contributed by atoms with Crippen LogP contribution in [0.3, 0.4) is 0 Å². The molecule has 2 nitrogen and oxygen atoms in total. The van der Waals surface area contributed by atoms with Gasteiger partial charge in [0.15, 0.2) is 0 Å². The molecule has 3 aromatic carbocycles. The van der Waals surface area contributed by atoms with Gasteiger partial charge in [-0.1, -0.05) is 72.5 Å². The molecule has 0 aliphatic heterocycles. The van der Waals surface area contributed by atoms with E-state index in [-0.39, 0.29) is 11.4 Å². The fraction of sp³-hybridized carbons (Fsp3) is 0. The lowest BCUT2D eigenvalue weighted by Gasteiger charge is -2.00. The number of nitriles is 1. The van der Waals surface area contributed by atoms with Crippen molar-refractivity contribution < 1.29 is 4.79 Å². The van der Waals surface area contributed by atoms with Crippen LogP contribution in [0.5, 0.6) is 0 Å². The van der Waals surface area contributed by atoms with Gasteiger partial charge in [-0.05, 0) is 35.9 Å². The molecule has 122 valence electrons. The van der Waals surface area contributed by atoms with E-state index in [0.717, 1.165) is 16.7 Å². The van der Waals surface area contributed by atoms with Crippen molar-refractivity contribution in [2.45, 2.75) is 0 Å². The van der Waals surface area contributed by atoms with Gasteiger partial charge in [0.1, 0.15) is 11.6 Å². The lowest BCUT2D eigenvalue weighted by molar-refractivity contribution is 0.104. The number of allylic oxidation sites excluding steroid dienone is 1. The SMILES string of the molecule is N#C/C(=C\c1ccc(C#Cc2ccccc2)cc1)C(=O)c1ccccc1. The number of nitrogens with zero attached hydrogens (tertiary/aromatic N) is 1. The van der Waals surface area contributed by atoms with Gasteiger partial charge in [0.25, 0.3) is 0 Å². The summed E-state index contributed by atoms with van der Waals surface area (Å²) in [5, 5.41) is 9.32. The molecule has 3 rings (SSSR count). The average molecular weight is 333 g/mol. The van der Waals surface area contributed by atoms with Crippen molar-refractivity contribution in [1.82, 2.24) is 0 Å². The number of benzene rings is 3. The Bertz CT molecular complexity index is 1030. The van der Waals surface area contributed by atoms with E-state index in [1.807, 2.05) is 66.7 Å². The molecule has 0 aromatic heterocycles. The average Bonchev–Trinajstić information content (AvgIpc) is 2.72. The van der Waals surface area contributed by atoms with Crippen LogP contribution in [-0.4, -0.2) is 5.78 Å². The summed E-state index contributed by atoms with van der Waals surface area (Å²) in [5.74, 6) is 5.92. The Kier molecular flexibility index (Phi) is 5.41. The fourth-order valence-electron chi connectivity index (χ4n) is 2.39. The topological polar surface area (TPSA) is 40.9 Å². The van der Waals surface area contributed by atoms with Gasteiger partial charge in [-0.3, -0.25) is 4.79 Å². The molecule has 2 heteroatoms. The van der Waals surface area contributed by atoms with E-state index < -0.39 is 0 Å². The number of carbonyl (C=O) groups excluding carboxylic acids is 1. The van der Waals surface area contributed by atoms with Crippen LogP contribution < -0.4 is 0 Å². The van der Waals surface area contributed by atoms with Gasteiger partial charge in [-0.2, -0.15) is 5.26 Å². The summed E-state index contributed by atoms with van der Waals surface area (Å²) in [6, 6.07) is 28.0. The molecule has 0 unspecified atom stereocenters. The highest BCUT2D eigenvalue weighted by atomic mass is 16.1. The zero-order valence-corrected chi connectivity index (χ0v) is 14.0. The Morgan fingerprint density at radius 1 is 0.731 bits per heavy atom. The predicted octanol–water partition coefficient (Wildman–Crippen LogP) is 4.88. The number of rotatable bonds is 3. The smallest absolute Gasteiger partial charge is 0.203 e. The van der Waals surface area contributed by atoms with Crippen molar-refractivity contribution in [3.63, 3.8) is 0 Å². The van der Waals surface area contributed by atoms with Gasteiger partial charge in [0.2, 0.25) is 5.78 Å². The largest absolute Gasteiger partial charge is 0.288 e. The Labute approximate surface area is 153 Å². The number of Topliss-reactive ketones (excluding diaryl/α,β-unsaturated/α-hetero) is 1. The summed E-state index contributed by atoms with van der Waals surface area (Å²) in [5.41, 5.74) is 3.23. The van der Waals surface area contributed by atoms with Gasteiger partial charge in [0.05, 0.1) is 0 Å². The zero-order valence-electron chi connectivity index (χ0n) is 14.0. The summed E-state index contributed by atoms with van der Waals surface area (Å²) >= 11 is 0. The van der Waals surface area contributed by atoms with Crippen molar-refractivity contribution >= 4 is 11.9 Å². The molecule has 0 radical (unpaired) electrons. The van der Waals surface area contributed by atoms with E-state index in [1.165, 1.54) is 0 Å². The molecule has 0 aliphatic carbocycles. The molecule has 0 saturated heterocycles. The summed E-state index contributed by atoms with van der Waals surface area (Å²) in [6.45, 7) is 0. The molecule has 3 aromatic rings. The molecule has 0 amide bonds. The standard InChI is InChI=1S/C24H15NO/c25-18-23(24(26)22-9-5-2-6-10-22)17-21-15-13-20(14-16-21)12-11-19-7-3-1-4-8-19/h1-10,13-17H/b23-17+. The van der Waals surface area contributed by atoms with Gasteiger partial charge >= 0.3 is 0 Å². The van der Waals surface area contributed by atoms with Crippen molar-refractivity contribution in [3.8, 4) is 17.9 Å². The van der Waals surface area contributed by atoms with E-state index in [2.05, 4.69) is 11.8 Å². The van der Waals surface area contributed by atoms with Crippen molar-refractivity contribution in [2.75, 3.05) is 0 Å². The second-order valence-electron chi connectivity index (χ2n) is 5.60. The van der Waals surface area contributed by atoms with Crippen LogP contribution in [-0.2, 0) is 0 Å². The summed E-state index contributed by atoms with van der Waals surface area (Å²) in [4.78, 5) is 12.4. The minimum Gasteiger partial charge on any atom is -0.288 e. The number of hydrogen-bond donors (Lipinski definition) is 0. The van der Waals surface area contributed by atoms with E-state index in [1.54, 1.807) is 30.3 Å². The Morgan fingerprint density at radius 3 is 1.85 bits per heavy atom. The van der Waals surface area contributed by atoms with Crippen LogP contribution >= 0.6 is 0 Å². The summed E-state index contributed by atoms with van der Waals surface area (Å²) in [6.07, 6.45) is 1.60. The van der Waals surface area contributed by atoms with Crippen molar-refractivity contribution in [2.24, 2.45) is 0 Å². The van der Waals surface area contributed by atoms with Crippen LogP contribution in [0.1, 0.15) is 27.0 Å². The van der Waals surface area contributed by atoms with Gasteiger partial charge in [-0.25, -0.2) is 0 Å². The molecule has 0 N–H and O–H groups in total. The minimum absolute atomic E-state index is 0.110. The van der Waals surface area contributed by atoms with E-state index >= 15 is 0 Å². The van der Waals surface area contributed by atoms with Crippen LogP contribution in [0.15, 0.2) is 90.5 Å². The lowest BCUT2D eigenvalue weighted by atomic mass is 10.0. The fourth-order valence-corrected chi connectivity index (χ4v) is 2.39. The Morgan fingerprint density at radius 2 is 1.27 bits per heavy atom. The first-order chi connectivity index (χ1) is 12.8. The molecular weight excluding hydrogens is 318 g/mol. The minimum atomic E-state index is -0.277. The Hall–Kier alpha value is -3.88. The maximum absolute atomic E-state index is 12.4. The molecule has 0 fully saturated rings. The van der Waals surface area contributed by atoms with Crippen LogP contribution in [0.2, 0.25) is 0 Å². The third kappa shape index (κ3) is 4.35. The first kappa shape index (κ1) is 17.0. The second kappa shape index (κ2) is 8.29. The van der Waals surface area contributed by atoms with Gasteiger partial charge < -0.3 is 0 Å². The molecule has 0 aliphatic rings. The van der Waals surface area contributed by atoms with Crippen molar-refractivity contribution in [3.05, 3.63) is 113 Å². The van der Waals surface area contributed by atoms with Crippen LogP contribution in [0.25, 0.3) is 6.08 Å². The molecule has 0 saturated carbocycles. The normalized spacial score (nSPS) is 10.3. The number of carbonyl (C=O) groups is 1. The lowest BCUT2D eigenvalue weighted by Crippen LogP contribution is -2.01. The molecule has 0 atom stereocenters. The zero-order chi connectivity index (χ0) is 18.2. The Balaban J connectivity index is 1.80. The highest BCUT2D eigenvalue weighted by molar-refractivity contribution is 6.14. The third-order valence-corrected chi connectivity index (χ3v) is 3.75. The summed E-state index contributed by atoms with van der Waals surface area (Å²) < 4.78 is 0. The molecular formula is C24H15NO. The van der Waals surface area contributed by atoms with E-state index in [9.17, 15) is 10.1 Å². The second-order valence-corrected chi connectivity index (χ2v) is 5.60. The predicted molar refractivity (Wildman–Crippen MR) is 103 cm³/mol.